The second-order valence-electron chi connectivity index (χ2n) is 13.7. The van der Waals surface area contributed by atoms with Crippen LogP contribution >= 0.6 is 11.6 Å². The van der Waals surface area contributed by atoms with Crippen LogP contribution < -0.4 is 20.7 Å². The Bertz CT molecular complexity index is 1900. The number of fused-ring (bicyclic) bond motifs is 5. The van der Waals surface area contributed by atoms with Gasteiger partial charge in [0.15, 0.2) is 5.82 Å². The average Bonchev–Trinajstić information content (AvgIpc) is 3.32. The van der Waals surface area contributed by atoms with Gasteiger partial charge in [-0.3, -0.25) is 0 Å². The summed E-state index contributed by atoms with van der Waals surface area (Å²) in [5.41, 5.74) is 2.27. The van der Waals surface area contributed by atoms with E-state index in [1.165, 1.54) is 6.92 Å². The third-order valence-electron chi connectivity index (χ3n) is 10.2. The van der Waals surface area contributed by atoms with Gasteiger partial charge >= 0.3 is 12.2 Å². The molecule has 4 aliphatic heterocycles. The van der Waals surface area contributed by atoms with Crippen LogP contribution in [0.4, 0.5) is 38.0 Å². The molecule has 0 radical (unpaired) electrons. The summed E-state index contributed by atoms with van der Waals surface area (Å²) < 4.78 is 94.7. The Morgan fingerprint density at radius 2 is 1.96 bits per heavy atom. The van der Waals surface area contributed by atoms with Gasteiger partial charge in [0, 0.05) is 54.3 Å². The number of alkyl halides is 3. The van der Waals surface area contributed by atoms with Gasteiger partial charge in [0.1, 0.15) is 23.8 Å². The highest BCUT2D eigenvalue weighted by molar-refractivity contribution is 6.37. The third-order valence-corrected chi connectivity index (χ3v) is 10.6. The first-order valence-corrected chi connectivity index (χ1v) is 16.1. The smallest absolute Gasteiger partial charge is 0.418 e. The number of hydrogen-bond acceptors (Lipinski definition) is 8. The molecule has 3 aromatic rings. The highest BCUT2D eigenvalue weighted by Gasteiger charge is 2.46. The number of nitrogens with zero attached hydrogens (tertiary/aromatic N) is 5. The van der Waals surface area contributed by atoms with Gasteiger partial charge in [0.2, 0.25) is 0 Å². The molecule has 2 aromatic heterocycles. The molecule has 3 saturated heterocycles. The molecule has 3 N–H and O–H groups in total. The van der Waals surface area contributed by atoms with Gasteiger partial charge in [0.05, 0.1) is 27.2 Å². The van der Waals surface area contributed by atoms with Crippen LogP contribution in [0.5, 0.6) is 6.01 Å². The molecule has 0 amide bonds. The predicted octanol–water partition coefficient (Wildman–Crippen LogP) is 6.99. The van der Waals surface area contributed by atoms with Crippen molar-refractivity contribution in [1.29, 1.82) is 0 Å². The highest BCUT2D eigenvalue weighted by atomic mass is 35.5. The van der Waals surface area contributed by atoms with Crippen molar-refractivity contribution in [3.63, 3.8) is 0 Å². The van der Waals surface area contributed by atoms with Crippen LogP contribution in [0, 0.1) is 18.2 Å². The summed E-state index contributed by atoms with van der Waals surface area (Å²) in [5, 5.41) is 3.49. The Balaban J connectivity index is 1.47. The lowest BCUT2D eigenvalue weighted by atomic mass is 9.78. The summed E-state index contributed by atoms with van der Waals surface area (Å²) in [7, 11) is 1.82. The van der Waals surface area contributed by atoms with Crippen LogP contribution in [0.1, 0.15) is 49.3 Å². The first-order chi connectivity index (χ1) is 22.6. The minimum Gasteiger partial charge on any atom is -0.462 e. The molecule has 0 aliphatic carbocycles. The summed E-state index contributed by atoms with van der Waals surface area (Å²) >= 11 is 6.93. The van der Waals surface area contributed by atoms with Gasteiger partial charge in [-0.25, -0.2) is 9.37 Å². The number of anilines is 2. The number of ether oxygens (including phenoxy) is 1. The van der Waals surface area contributed by atoms with Crippen LogP contribution in [0.3, 0.4) is 0 Å². The second-order valence-corrected chi connectivity index (χ2v) is 14.0. The van der Waals surface area contributed by atoms with Gasteiger partial charge < -0.3 is 25.6 Å². The van der Waals surface area contributed by atoms with Crippen molar-refractivity contribution in [2.24, 2.45) is 5.41 Å². The molecule has 6 heterocycles. The van der Waals surface area contributed by atoms with E-state index in [0.29, 0.717) is 30.9 Å². The molecule has 48 heavy (non-hydrogen) atoms. The van der Waals surface area contributed by atoms with E-state index in [9.17, 15) is 22.0 Å². The molecular formula is C33H34ClF6N7O. The van der Waals surface area contributed by atoms with Crippen molar-refractivity contribution in [3.8, 4) is 17.3 Å². The topological polar surface area (TPSA) is 92.4 Å². The number of aromatic nitrogens is 3. The number of piperazine rings is 1. The Kier molecular flexibility index (Phi) is 7.87. The molecule has 8 nitrogen and oxygen atoms in total. The summed E-state index contributed by atoms with van der Waals surface area (Å²) in [6, 6.07) is 0.745. The number of benzene rings is 1. The minimum absolute atomic E-state index is 0.0410. The molecule has 7 rings (SSSR count). The quantitative estimate of drug-likeness (QED) is 0.283. The Hall–Kier alpha value is -3.62. The number of likely N-dealkylation sites (tertiary alicyclic amines) is 1. The fourth-order valence-electron chi connectivity index (χ4n) is 8.11. The molecule has 4 aliphatic rings. The fourth-order valence-corrected chi connectivity index (χ4v) is 8.51. The molecule has 3 fully saturated rings. The number of halogens is 7. The third kappa shape index (κ3) is 5.27. The van der Waals surface area contributed by atoms with Gasteiger partial charge in [-0.2, -0.15) is 31.9 Å². The number of hydrogen-bond donors (Lipinski definition) is 2. The van der Waals surface area contributed by atoms with E-state index in [4.69, 9.17) is 27.1 Å². The van der Waals surface area contributed by atoms with E-state index in [1.54, 1.807) is 6.92 Å². The van der Waals surface area contributed by atoms with Crippen LogP contribution in [-0.4, -0.2) is 71.3 Å². The Morgan fingerprint density at radius 1 is 1.21 bits per heavy atom. The molecule has 0 spiro atoms. The normalized spacial score (nSPS) is 25.8. The zero-order valence-electron chi connectivity index (χ0n) is 26.5. The number of pyridine rings is 1. The van der Waals surface area contributed by atoms with E-state index >= 15 is 4.39 Å². The fraction of sp³-hybridized carbons (Fsp3) is 0.485. The minimum atomic E-state index is -4.92. The Labute approximate surface area is 278 Å². The summed E-state index contributed by atoms with van der Waals surface area (Å²) in [4.78, 5) is 17.1. The maximum Gasteiger partial charge on any atom is 0.418 e. The second kappa shape index (κ2) is 11.5. The van der Waals surface area contributed by atoms with Crippen molar-refractivity contribution in [2.75, 3.05) is 43.9 Å². The number of nitrogen functional groups attached to an aromatic ring is 1. The van der Waals surface area contributed by atoms with Crippen molar-refractivity contribution < 1.29 is 31.1 Å². The van der Waals surface area contributed by atoms with Crippen LogP contribution in [0.2, 0.25) is 5.02 Å². The lowest BCUT2D eigenvalue weighted by Gasteiger charge is -2.41. The summed E-state index contributed by atoms with van der Waals surface area (Å²) in [6.07, 6.45) is -4.41. The lowest BCUT2D eigenvalue weighted by Crippen LogP contribution is -2.58. The standard InChI is InChI=1S/C33H34ClF6N7O/c1-14-9-19-18-6-5-16(42-18)11-47(19)30-22-21(14)25(34)23(27-24(33(38,39)40)15(2)10-20(41)43-27)26(35)28(22)44-31(45-30)48-13-32(3)12-46(4)8-7-17(32)29(36)37/h10,16,18-19,42H,1,5-9,11-13H2,2-4H3,(H2,41,43)/t16-,18+,19-,32?/m1/s1. The summed E-state index contributed by atoms with van der Waals surface area (Å²) in [6.45, 7) is 8.11. The van der Waals surface area contributed by atoms with E-state index in [0.717, 1.165) is 18.9 Å². The van der Waals surface area contributed by atoms with Gasteiger partial charge in [-0.05, 0) is 56.9 Å². The molecule has 1 aromatic carbocycles. The zero-order chi connectivity index (χ0) is 34.4. The van der Waals surface area contributed by atoms with E-state index in [-0.39, 0.29) is 82.2 Å². The molecule has 0 saturated carbocycles. The maximum atomic E-state index is 17.0. The van der Waals surface area contributed by atoms with E-state index in [1.807, 2.05) is 16.8 Å². The molecule has 1 unspecified atom stereocenters. The van der Waals surface area contributed by atoms with Crippen LogP contribution in [0.15, 0.2) is 24.3 Å². The van der Waals surface area contributed by atoms with Crippen molar-refractivity contribution in [3.05, 3.63) is 51.8 Å². The highest BCUT2D eigenvalue weighted by Crippen LogP contribution is 2.51. The van der Waals surface area contributed by atoms with E-state index in [2.05, 4.69) is 21.9 Å². The molecule has 15 heteroatoms. The number of nitrogens with one attached hydrogen (secondary N) is 1. The van der Waals surface area contributed by atoms with Crippen molar-refractivity contribution >= 4 is 39.7 Å². The number of rotatable bonds is 4. The first kappa shape index (κ1) is 32.9. The molecular weight excluding hydrogens is 660 g/mol. The molecule has 2 bridgehead atoms. The molecule has 4 atom stereocenters. The SMILES string of the molecule is C=C1C[C@@H]2[C@@H]3CC[C@H](CN2c2nc(OCC4(C)CN(C)CCC4=C(F)F)nc4c(F)c(-c5nc(N)cc(C)c5C(F)(F)F)c(Cl)c1c24)N3. The first-order valence-electron chi connectivity index (χ1n) is 15.7. The average molecular weight is 694 g/mol. The van der Waals surface area contributed by atoms with Gasteiger partial charge in [-0.15, -0.1) is 0 Å². The largest absolute Gasteiger partial charge is 0.462 e. The van der Waals surface area contributed by atoms with Crippen LogP contribution in [0.25, 0.3) is 27.7 Å². The Morgan fingerprint density at radius 3 is 2.67 bits per heavy atom. The van der Waals surface area contributed by atoms with Crippen molar-refractivity contribution in [2.45, 2.75) is 63.8 Å². The maximum absolute atomic E-state index is 17.0. The van der Waals surface area contributed by atoms with Crippen molar-refractivity contribution in [1.82, 2.24) is 25.2 Å². The lowest BCUT2D eigenvalue weighted by molar-refractivity contribution is -0.137. The number of piperidine rings is 1. The van der Waals surface area contributed by atoms with Gasteiger partial charge in [-0.1, -0.05) is 25.1 Å². The van der Waals surface area contributed by atoms with Gasteiger partial charge in [0.25, 0.3) is 6.08 Å². The molecule has 256 valence electrons. The van der Waals surface area contributed by atoms with E-state index < -0.39 is 40.3 Å². The van der Waals surface area contributed by atoms with Crippen LogP contribution in [-0.2, 0) is 6.18 Å². The monoisotopic (exact) mass is 693 g/mol. The predicted molar refractivity (Wildman–Crippen MR) is 172 cm³/mol. The zero-order valence-corrected chi connectivity index (χ0v) is 27.3. The number of aryl methyl sites for hydroxylation is 1. The summed E-state index contributed by atoms with van der Waals surface area (Å²) in [5.74, 6) is -1.12. The number of nitrogens with two attached hydrogens (primary N) is 1.